The minimum Gasteiger partial charge on any atom is -0.454 e. The average Bonchev–Trinajstić information content (AvgIpc) is 2.87. The van der Waals surface area contributed by atoms with E-state index in [-0.39, 0.29) is 5.41 Å². The molecule has 2 aliphatic rings. The fourth-order valence-electron chi connectivity index (χ4n) is 3.00. The highest BCUT2D eigenvalue weighted by Gasteiger charge is 2.33. The van der Waals surface area contributed by atoms with Crippen LogP contribution in [0.3, 0.4) is 0 Å². The third kappa shape index (κ3) is 1.97. The summed E-state index contributed by atoms with van der Waals surface area (Å²) in [4.78, 5) is 0. The topological polar surface area (TPSA) is 30.5 Å². The zero-order valence-corrected chi connectivity index (χ0v) is 11.2. The van der Waals surface area contributed by atoms with Gasteiger partial charge in [0.05, 0.1) is 0 Å². The molecule has 1 unspecified atom stereocenters. The summed E-state index contributed by atoms with van der Waals surface area (Å²) in [5, 5.41) is 3.51. The largest absolute Gasteiger partial charge is 0.454 e. The van der Waals surface area contributed by atoms with Crippen LogP contribution in [0.1, 0.15) is 32.3 Å². The van der Waals surface area contributed by atoms with Crippen LogP contribution in [0.5, 0.6) is 11.5 Å². The summed E-state index contributed by atoms with van der Waals surface area (Å²) in [5.74, 6) is 2.45. The molecule has 3 nitrogen and oxygen atoms in total. The third-order valence-corrected chi connectivity index (χ3v) is 4.43. The quantitative estimate of drug-likeness (QED) is 0.871. The molecule has 0 spiro atoms. The second-order valence-corrected chi connectivity index (χ2v) is 5.83. The number of hydrogen-bond acceptors (Lipinski definition) is 3. The first-order valence-electron chi connectivity index (χ1n) is 6.79. The number of hydrogen-bond donors (Lipinski definition) is 1. The van der Waals surface area contributed by atoms with Gasteiger partial charge in [-0.2, -0.15) is 0 Å². The molecule has 1 saturated heterocycles. The lowest BCUT2D eigenvalue weighted by Crippen LogP contribution is -2.40. The molecule has 0 aliphatic carbocycles. The zero-order chi connectivity index (χ0) is 12.6. The Hall–Kier alpha value is -1.22. The van der Waals surface area contributed by atoms with Crippen LogP contribution in [0.15, 0.2) is 18.2 Å². The first-order chi connectivity index (χ1) is 8.68. The van der Waals surface area contributed by atoms with Crippen LogP contribution >= 0.6 is 0 Å². The van der Waals surface area contributed by atoms with Crippen LogP contribution in [0.25, 0.3) is 0 Å². The van der Waals surface area contributed by atoms with E-state index in [1.807, 2.05) is 6.07 Å². The predicted molar refractivity (Wildman–Crippen MR) is 71.2 cm³/mol. The summed E-state index contributed by atoms with van der Waals surface area (Å²) >= 11 is 0. The Morgan fingerprint density at radius 2 is 2.06 bits per heavy atom. The summed E-state index contributed by atoms with van der Waals surface area (Å²) < 4.78 is 10.9. The molecule has 0 aromatic heterocycles. The van der Waals surface area contributed by atoms with Gasteiger partial charge in [-0.1, -0.05) is 19.9 Å². The summed E-state index contributed by atoms with van der Waals surface area (Å²) in [6.45, 7) is 7.30. The lowest BCUT2D eigenvalue weighted by molar-refractivity contribution is 0.173. The van der Waals surface area contributed by atoms with Gasteiger partial charge in [0.25, 0.3) is 0 Å². The van der Waals surface area contributed by atoms with Crippen molar-refractivity contribution in [3.8, 4) is 11.5 Å². The van der Waals surface area contributed by atoms with E-state index >= 15 is 0 Å². The maximum Gasteiger partial charge on any atom is 0.231 e. The van der Waals surface area contributed by atoms with Crippen molar-refractivity contribution in [1.82, 2.24) is 5.32 Å². The normalized spacial score (nSPS) is 23.1. The van der Waals surface area contributed by atoms with Gasteiger partial charge in [0.2, 0.25) is 6.79 Å². The number of rotatable bonds is 2. The Labute approximate surface area is 108 Å². The van der Waals surface area contributed by atoms with Crippen LogP contribution in [0, 0.1) is 5.92 Å². The van der Waals surface area contributed by atoms with E-state index < -0.39 is 0 Å². The Bertz CT molecular complexity index is 436. The molecular weight excluding hydrogens is 226 g/mol. The van der Waals surface area contributed by atoms with Gasteiger partial charge in [0, 0.05) is 0 Å². The van der Waals surface area contributed by atoms with Crippen molar-refractivity contribution in [3.63, 3.8) is 0 Å². The van der Waals surface area contributed by atoms with Gasteiger partial charge in [0.15, 0.2) is 11.5 Å². The van der Waals surface area contributed by atoms with Crippen molar-refractivity contribution in [3.05, 3.63) is 23.8 Å². The van der Waals surface area contributed by atoms with Crippen LogP contribution in [0.4, 0.5) is 0 Å². The molecule has 2 aliphatic heterocycles. The van der Waals surface area contributed by atoms with Crippen molar-refractivity contribution in [2.24, 2.45) is 5.92 Å². The average molecular weight is 247 g/mol. The molecule has 1 fully saturated rings. The molecule has 3 rings (SSSR count). The summed E-state index contributed by atoms with van der Waals surface area (Å²) in [7, 11) is 0. The molecule has 2 heterocycles. The number of benzene rings is 1. The van der Waals surface area contributed by atoms with Crippen LogP contribution in [0.2, 0.25) is 0 Å². The lowest BCUT2D eigenvalue weighted by atomic mass is 9.70. The van der Waals surface area contributed by atoms with Crippen molar-refractivity contribution < 1.29 is 9.47 Å². The first kappa shape index (κ1) is 11.8. The first-order valence-corrected chi connectivity index (χ1v) is 6.79. The van der Waals surface area contributed by atoms with Gasteiger partial charge in [-0.25, -0.2) is 0 Å². The molecule has 1 aromatic rings. The number of ether oxygens (including phenoxy) is 2. The number of piperidine rings is 1. The van der Waals surface area contributed by atoms with Crippen LogP contribution in [-0.2, 0) is 5.41 Å². The second-order valence-electron chi connectivity index (χ2n) is 5.83. The highest BCUT2D eigenvalue weighted by Crippen LogP contribution is 2.40. The minimum atomic E-state index is 0.175. The van der Waals surface area contributed by atoms with Gasteiger partial charge in [-0.15, -0.1) is 0 Å². The molecular formula is C15H21NO2. The SMILES string of the molecule is CC(C)(c1ccc2c(c1)OCO2)C1CCCNC1. The number of fused-ring (bicyclic) bond motifs is 1. The van der Waals surface area contributed by atoms with E-state index in [9.17, 15) is 0 Å². The van der Waals surface area contributed by atoms with E-state index in [2.05, 4.69) is 31.3 Å². The lowest BCUT2D eigenvalue weighted by Gasteiger charge is -2.38. The summed E-state index contributed by atoms with van der Waals surface area (Å²) in [6, 6.07) is 6.37. The van der Waals surface area contributed by atoms with Gasteiger partial charge < -0.3 is 14.8 Å². The molecule has 98 valence electrons. The standard InChI is InChI=1S/C15H21NO2/c1-15(2,12-4-3-7-16-9-12)11-5-6-13-14(8-11)18-10-17-13/h5-6,8,12,16H,3-4,7,9-10H2,1-2H3. The van der Waals surface area contributed by atoms with Gasteiger partial charge >= 0.3 is 0 Å². The molecule has 0 radical (unpaired) electrons. The van der Waals surface area contributed by atoms with Gasteiger partial charge in [-0.3, -0.25) is 0 Å². The van der Waals surface area contributed by atoms with E-state index in [1.54, 1.807) is 0 Å². The monoisotopic (exact) mass is 247 g/mol. The van der Waals surface area contributed by atoms with Gasteiger partial charge in [0.1, 0.15) is 0 Å². The van der Waals surface area contributed by atoms with Crippen molar-refractivity contribution >= 4 is 0 Å². The van der Waals surface area contributed by atoms with Crippen LogP contribution in [-0.4, -0.2) is 19.9 Å². The maximum absolute atomic E-state index is 5.48. The summed E-state index contributed by atoms with van der Waals surface area (Å²) in [6.07, 6.45) is 2.58. The Balaban J connectivity index is 1.87. The molecule has 0 saturated carbocycles. The fourth-order valence-corrected chi connectivity index (χ4v) is 3.00. The van der Waals surface area contributed by atoms with E-state index in [0.29, 0.717) is 12.7 Å². The molecule has 0 bridgehead atoms. The maximum atomic E-state index is 5.48. The minimum absolute atomic E-state index is 0.175. The zero-order valence-electron chi connectivity index (χ0n) is 11.2. The summed E-state index contributed by atoms with van der Waals surface area (Å²) in [5.41, 5.74) is 1.52. The van der Waals surface area contributed by atoms with E-state index in [1.165, 1.54) is 18.4 Å². The Morgan fingerprint density at radius 1 is 1.22 bits per heavy atom. The molecule has 1 N–H and O–H groups in total. The Kier molecular flexibility index (Phi) is 2.94. The molecule has 3 heteroatoms. The predicted octanol–water partition coefficient (Wildman–Crippen LogP) is 2.69. The Morgan fingerprint density at radius 3 is 2.83 bits per heavy atom. The highest BCUT2D eigenvalue weighted by atomic mass is 16.7. The molecule has 0 amide bonds. The van der Waals surface area contributed by atoms with Crippen molar-refractivity contribution in [2.75, 3.05) is 19.9 Å². The molecule has 1 atom stereocenters. The van der Waals surface area contributed by atoms with Crippen LogP contribution < -0.4 is 14.8 Å². The number of nitrogens with one attached hydrogen (secondary N) is 1. The highest BCUT2D eigenvalue weighted by molar-refractivity contribution is 5.46. The second kappa shape index (κ2) is 4.47. The van der Waals surface area contributed by atoms with Crippen molar-refractivity contribution in [2.45, 2.75) is 32.1 Å². The van der Waals surface area contributed by atoms with Crippen molar-refractivity contribution in [1.29, 1.82) is 0 Å². The van der Waals surface area contributed by atoms with E-state index in [4.69, 9.17) is 9.47 Å². The molecule has 1 aromatic carbocycles. The fraction of sp³-hybridized carbons (Fsp3) is 0.600. The molecule has 18 heavy (non-hydrogen) atoms. The van der Waals surface area contributed by atoms with Gasteiger partial charge in [-0.05, 0) is 55.0 Å². The third-order valence-electron chi connectivity index (χ3n) is 4.43. The van der Waals surface area contributed by atoms with E-state index in [0.717, 1.165) is 24.6 Å². The smallest absolute Gasteiger partial charge is 0.231 e.